The summed E-state index contributed by atoms with van der Waals surface area (Å²) in [6.07, 6.45) is 7.56. The highest BCUT2D eigenvalue weighted by atomic mass is 35.5. The molecule has 0 aliphatic rings. The molecule has 0 radical (unpaired) electrons. The van der Waals surface area contributed by atoms with E-state index >= 15 is 0 Å². The summed E-state index contributed by atoms with van der Waals surface area (Å²) in [5, 5.41) is 0. The van der Waals surface area contributed by atoms with Crippen molar-refractivity contribution in [1.29, 1.82) is 0 Å². The Morgan fingerprint density at radius 2 is 2.03 bits per heavy atom. The molecule has 0 aliphatic carbocycles. The van der Waals surface area contributed by atoms with Gasteiger partial charge in [-0.3, -0.25) is 18.4 Å². The second kappa shape index (κ2) is 9.13. The third-order valence-corrected chi connectivity index (χ3v) is 6.94. The van der Waals surface area contributed by atoms with Crippen molar-refractivity contribution in [3.8, 4) is 11.4 Å². The minimum atomic E-state index is -1.29. The number of benzene rings is 1. The number of carbonyl (C=O) groups excluding carboxylic acids is 1. The molecule has 158 valence electrons. The first-order valence-corrected chi connectivity index (χ1v) is 12.1. The number of aryl methyl sites for hydroxylation is 1. The smallest absolute Gasteiger partial charge is 0.255 e. The van der Waals surface area contributed by atoms with E-state index in [0.29, 0.717) is 38.3 Å². The quantitative estimate of drug-likeness (QED) is 0.377. The van der Waals surface area contributed by atoms with Crippen LogP contribution < -0.4 is 5.56 Å². The number of thiophene rings is 1. The van der Waals surface area contributed by atoms with E-state index in [1.54, 1.807) is 59.7 Å². The molecular weight excluding hydrogens is 454 g/mol. The highest BCUT2D eigenvalue weighted by Gasteiger charge is 2.14. The molecule has 0 bridgehead atoms. The second-order valence-electron chi connectivity index (χ2n) is 6.81. The van der Waals surface area contributed by atoms with Crippen molar-refractivity contribution in [2.24, 2.45) is 0 Å². The van der Waals surface area contributed by atoms with Gasteiger partial charge in [-0.25, -0.2) is 4.98 Å². The Labute approximate surface area is 190 Å². The number of hydrogen-bond acceptors (Lipinski definition) is 5. The minimum absolute atomic E-state index is 0.0273. The topological polar surface area (TPSA) is 74.0 Å². The summed E-state index contributed by atoms with van der Waals surface area (Å²) < 4.78 is 16.3. The molecule has 3 heterocycles. The van der Waals surface area contributed by atoms with Crippen LogP contribution in [-0.2, 0) is 17.2 Å². The van der Waals surface area contributed by atoms with Crippen molar-refractivity contribution in [3.05, 3.63) is 92.5 Å². The zero-order valence-corrected chi connectivity index (χ0v) is 18.9. The van der Waals surface area contributed by atoms with Gasteiger partial charge in [0, 0.05) is 36.8 Å². The molecule has 1 atom stereocenters. The zero-order chi connectivity index (χ0) is 22.0. The number of imidazole rings is 1. The van der Waals surface area contributed by atoms with Crippen LogP contribution in [0.5, 0.6) is 0 Å². The predicted octanol–water partition coefficient (Wildman–Crippen LogP) is 4.29. The van der Waals surface area contributed by atoms with E-state index in [0.717, 1.165) is 5.69 Å². The van der Waals surface area contributed by atoms with Crippen molar-refractivity contribution in [1.82, 2.24) is 14.1 Å². The van der Waals surface area contributed by atoms with Gasteiger partial charge in [-0.2, -0.15) is 0 Å². The Morgan fingerprint density at radius 3 is 2.74 bits per heavy atom. The molecule has 0 saturated heterocycles. The highest BCUT2D eigenvalue weighted by Crippen LogP contribution is 2.24. The number of nitrogens with zero attached hydrogens (tertiary/aromatic N) is 3. The minimum Gasteiger partial charge on any atom is -0.305 e. The number of carbonyl (C=O) groups is 1. The van der Waals surface area contributed by atoms with Crippen molar-refractivity contribution in [2.75, 3.05) is 6.26 Å². The lowest BCUT2D eigenvalue weighted by Crippen LogP contribution is -2.16. The number of Topliss-reactive ketones (excluding diaryl/α,β-unsaturated/α-hetero) is 1. The maximum absolute atomic E-state index is 12.4. The summed E-state index contributed by atoms with van der Waals surface area (Å²) in [7, 11) is -1.29. The van der Waals surface area contributed by atoms with Crippen molar-refractivity contribution < 1.29 is 9.00 Å². The fourth-order valence-corrected chi connectivity index (χ4v) is 4.96. The van der Waals surface area contributed by atoms with Gasteiger partial charge < -0.3 is 4.57 Å². The molecule has 4 aromatic rings. The molecule has 31 heavy (non-hydrogen) atoms. The van der Waals surface area contributed by atoms with Crippen LogP contribution in [0.25, 0.3) is 11.4 Å². The van der Waals surface area contributed by atoms with Crippen LogP contribution in [0.4, 0.5) is 0 Å². The van der Waals surface area contributed by atoms with E-state index in [1.165, 1.54) is 22.0 Å². The number of halogens is 1. The van der Waals surface area contributed by atoms with Crippen LogP contribution in [0.15, 0.2) is 76.9 Å². The summed E-state index contributed by atoms with van der Waals surface area (Å²) in [5.74, 6) is 0.0273. The van der Waals surface area contributed by atoms with Crippen molar-refractivity contribution >= 4 is 39.5 Å². The maximum atomic E-state index is 12.4. The largest absolute Gasteiger partial charge is 0.305 e. The molecule has 3 aromatic heterocycles. The van der Waals surface area contributed by atoms with Gasteiger partial charge >= 0.3 is 0 Å². The monoisotopic (exact) mass is 471 g/mol. The Bertz CT molecular complexity index is 1340. The summed E-state index contributed by atoms with van der Waals surface area (Å²) in [6, 6.07) is 13.7. The molecule has 0 saturated carbocycles. The lowest BCUT2D eigenvalue weighted by Gasteiger charge is -2.12. The third-order valence-electron chi connectivity index (χ3n) is 4.72. The number of pyridine rings is 1. The first kappa shape index (κ1) is 21.4. The molecule has 0 aliphatic heterocycles. The molecule has 0 N–H and O–H groups in total. The van der Waals surface area contributed by atoms with Gasteiger partial charge in [0.05, 0.1) is 42.6 Å². The molecule has 0 spiro atoms. The summed E-state index contributed by atoms with van der Waals surface area (Å²) in [4.78, 5) is 30.0. The standard InChI is InChI=1S/C22H18ClN3O3S2/c1-31(29)20-12-16(26-11-3-2-4-22(26)28)6-7-17(20)25-13-15(24-14-25)5-8-18(27)19-9-10-21(23)30-19/h2-4,6-7,9-14H,5,8H2,1H3. The number of aromatic nitrogens is 3. The lowest BCUT2D eigenvalue weighted by molar-refractivity contribution is 0.0986. The first-order valence-electron chi connectivity index (χ1n) is 9.39. The molecule has 0 amide bonds. The van der Waals surface area contributed by atoms with Crippen LogP contribution in [0, 0.1) is 0 Å². The summed E-state index contributed by atoms with van der Waals surface area (Å²) in [6.45, 7) is 0. The van der Waals surface area contributed by atoms with E-state index in [4.69, 9.17) is 11.6 Å². The van der Waals surface area contributed by atoms with Gasteiger partial charge in [0.15, 0.2) is 5.78 Å². The fourth-order valence-electron chi connectivity index (χ4n) is 3.19. The van der Waals surface area contributed by atoms with Gasteiger partial charge in [-0.15, -0.1) is 11.3 Å². The van der Waals surface area contributed by atoms with Gasteiger partial charge in [0.1, 0.15) is 0 Å². The normalized spacial score (nSPS) is 12.1. The Kier molecular flexibility index (Phi) is 6.31. The maximum Gasteiger partial charge on any atom is 0.255 e. The Balaban J connectivity index is 1.58. The van der Waals surface area contributed by atoms with Crippen LogP contribution >= 0.6 is 22.9 Å². The van der Waals surface area contributed by atoms with E-state index in [9.17, 15) is 13.8 Å². The average molecular weight is 472 g/mol. The SMILES string of the molecule is CS(=O)c1cc(-n2ccccc2=O)ccc1-n1cnc(CCC(=O)c2ccc(Cl)s2)c1. The van der Waals surface area contributed by atoms with Crippen molar-refractivity contribution in [2.45, 2.75) is 17.7 Å². The Hall–Kier alpha value is -2.81. The van der Waals surface area contributed by atoms with Gasteiger partial charge in [-0.1, -0.05) is 17.7 Å². The van der Waals surface area contributed by atoms with Gasteiger partial charge in [0.25, 0.3) is 5.56 Å². The van der Waals surface area contributed by atoms with Crippen LogP contribution in [-0.4, -0.2) is 30.4 Å². The second-order valence-corrected chi connectivity index (χ2v) is 9.88. The summed E-state index contributed by atoms with van der Waals surface area (Å²) in [5.41, 5.74) is 1.95. The van der Waals surface area contributed by atoms with Crippen molar-refractivity contribution in [3.63, 3.8) is 0 Å². The molecule has 4 rings (SSSR count). The van der Waals surface area contributed by atoms with Crippen LogP contribution in [0.2, 0.25) is 4.34 Å². The molecule has 1 aromatic carbocycles. The number of hydrogen-bond donors (Lipinski definition) is 0. The molecule has 0 fully saturated rings. The third kappa shape index (κ3) is 4.76. The molecule has 9 heteroatoms. The molecular formula is C22H18ClN3O3S2. The average Bonchev–Trinajstić information content (AvgIpc) is 3.41. The fraction of sp³-hybridized carbons (Fsp3) is 0.136. The summed E-state index contributed by atoms with van der Waals surface area (Å²) >= 11 is 7.17. The first-order chi connectivity index (χ1) is 14.9. The number of ketones is 1. The van der Waals surface area contributed by atoms with E-state index < -0.39 is 10.8 Å². The van der Waals surface area contributed by atoms with E-state index in [1.807, 2.05) is 12.3 Å². The van der Waals surface area contributed by atoms with Gasteiger partial charge in [-0.05, 0) is 42.8 Å². The zero-order valence-electron chi connectivity index (χ0n) is 16.5. The van der Waals surface area contributed by atoms with E-state index in [2.05, 4.69) is 4.98 Å². The molecule has 6 nitrogen and oxygen atoms in total. The highest BCUT2D eigenvalue weighted by molar-refractivity contribution is 7.84. The van der Waals surface area contributed by atoms with Crippen LogP contribution in [0.3, 0.4) is 0 Å². The van der Waals surface area contributed by atoms with E-state index in [-0.39, 0.29) is 11.3 Å². The number of rotatable bonds is 7. The molecule has 1 unspecified atom stereocenters. The Morgan fingerprint density at radius 1 is 1.19 bits per heavy atom. The predicted molar refractivity (Wildman–Crippen MR) is 123 cm³/mol. The lowest BCUT2D eigenvalue weighted by atomic mass is 10.1. The van der Waals surface area contributed by atoms with Gasteiger partial charge in [0.2, 0.25) is 0 Å². The van der Waals surface area contributed by atoms with Crippen LogP contribution in [0.1, 0.15) is 21.8 Å².